The third kappa shape index (κ3) is 4.06. The molecule has 0 amide bonds. The van der Waals surface area contributed by atoms with Crippen LogP contribution in [0.4, 0.5) is 0 Å². The van der Waals surface area contributed by atoms with Crippen molar-refractivity contribution in [1.82, 2.24) is 4.90 Å². The first-order valence-electron chi connectivity index (χ1n) is 12.9. The molecule has 2 bridgehead atoms. The molecule has 1 saturated heterocycles. The predicted octanol–water partition coefficient (Wildman–Crippen LogP) is 1.16. The molecule has 5 rings (SSSR count). The van der Waals surface area contributed by atoms with Gasteiger partial charge >= 0.3 is 17.9 Å². The van der Waals surface area contributed by atoms with Crippen LogP contribution in [-0.2, 0) is 45.2 Å². The minimum Gasteiger partial charge on any atom is -0.480 e. The molecule has 1 fully saturated rings. The molecule has 2 heterocycles. The van der Waals surface area contributed by atoms with Crippen LogP contribution in [0.3, 0.4) is 0 Å². The molecule has 1 aromatic rings. The highest BCUT2D eigenvalue weighted by molar-refractivity contribution is 5.88. The number of Topliss-reactive ketones (excluding diaryl/α,β-unsaturated/α-hetero) is 1. The van der Waals surface area contributed by atoms with Crippen LogP contribution in [0, 0.1) is 0 Å². The quantitative estimate of drug-likeness (QED) is 0.287. The Hall–Kier alpha value is -3.57. The summed E-state index contributed by atoms with van der Waals surface area (Å²) in [6.45, 7) is 4.35. The van der Waals surface area contributed by atoms with Crippen molar-refractivity contribution < 1.29 is 48.0 Å². The van der Waals surface area contributed by atoms with Gasteiger partial charge in [0.15, 0.2) is 24.3 Å². The Morgan fingerprint density at radius 2 is 1.97 bits per heavy atom. The van der Waals surface area contributed by atoms with Crippen LogP contribution in [0.1, 0.15) is 61.5 Å². The van der Waals surface area contributed by atoms with Crippen molar-refractivity contribution in [3.05, 3.63) is 40.7 Å². The lowest BCUT2D eigenvalue weighted by Crippen LogP contribution is -2.74. The lowest BCUT2D eigenvalue weighted by Gasteiger charge is -2.61. The monoisotopic (exact) mass is 541 g/mol. The molecule has 1 N–H and O–H groups in total. The predicted molar refractivity (Wildman–Crippen MR) is 133 cm³/mol. The summed E-state index contributed by atoms with van der Waals surface area (Å²) in [6, 6.07) is 3.38. The number of carbonyl (C=O) groups excluding carboxylic acids is 5. The number of benzene rings is 1. The van der Waals surface area contributed by atoms with E-state index in [2.05, 4.69) is 4.90 Å². The fourth-order valence-electron chi connectivity index (χ4n) is 6.60. The van der Waals surface area contributed by atoms with E-state index < -0.39 is 59.4 Å². The largest absolute Gasteiger partial charge is 0.480 e. The molecular weight excluding hydrogens is 510 g/mol. The number of likely N-dealkylation sites (tertiary alicyclic amines) is 1. The summed E-state index contributed by atoms with van der Waals surface area (Å²) in [5.41, 5.74) is -0.0657. The van der Waals surface area contributed by atoms with E-state index in [1.807, 2.05) is 13.1 Å². The number of aliphatic hydroxyl groups is 1. The minimum atomic E-state index is -1.62. The maximum Gasteiger partial charge on any atom is 0.348 e. The lowest BCUT2D eigenvalue weighted by molar-refractivity contribution is -0.176. The van der Waals surface area contributed by atoms with Crippen molar-refractivity contribution in [3.63, 3.8) is 0 Å². The van der Waals surface area contributed by atoms with Crippen molar-refractivity contribution >= 4 is 30.0 Å². The van der Waals surface area contributed by atoms with E-state index in [0.717, 1.165) is 18.1 Å². The number of aldehydes is 1. The van der Waals surface area contributed by atoms with Crippen LogP contribution in [0.5, 0.6) is 5.75 Å². The number of ether oxygens (including phenoxy) is 4. The highest BCUT2D eigenvalue weighted by atomic mass is 16.6. The van der Waals surface area contributed by atoms with E-state index in [-0.39, 0.29) is 18.2 Å². The number of carbonyl (C=O) groups is 5. The molecule has 6 atom stereocenters. The summed E-state index contributed by atoms with van der Waals surface area (Å²) in [7, 11) is 1.96. The van der Waals surface area contributed by atoms with Crippen molar-refractivity contribution in [3.8, 4) is 5.75 Å². The van der Waals surface area contributed by atoms with E-state index in [4.69, 9.17) is 18.9 Å². The summed E-state index contributed by atoms with van der Waals surface area (Å²) in [5.74, 6) is -2.63. The van der Waals surface area contributed by atoms with Gasteiger partial charge in [0.05, 0.1) is 23.0 Å². The van der Waals surface area contributed by atoms with Gasteiger partial charge in [-0.2, -0.15) is 0 Å². The number of piperidine rings is 1. The maximum absolute atomic E-state index is 13.1. The van der Waals surface area contributed by atoms with Gasteiger partial charge < -0.3 is 29.0 Å². The number of nitrogens with zero attached hydrogens (tertiary/aromatic N) is 1. The second kappa shape index (κ2) is 9.56. The van der Waals surface area contributed by atoms with Gasteiger partial charge in [-0.25, -0.2) is 4.79 Å². The molecule has 0 unspecified atom stereocenters. The third-order valence-electron chi connectivity index (χ3n) is 8.55. The van der Waals surface area contributed by atoms with Gasteiger partial charge in [0.2, 0.25) is 6.10 Å². The van der Waals surface area contributed by atoms with E-state index in [1.54, 1.807) is 12.1 Å². The Balaban J connectivity index is 1.45. The Morgan fingerprint density at radius 3 is 2.64 bits per heavy atom. The molecule has 2 aliphatic carbocycles. The van der Waals surface area contributed by atoms with Crippen molar-refractivity contribution in [2.24, 2.45) is 0 Å². The molecular formula is C28H31NO10. The molecule has 2 aliphatic heterocycles. The third-order valence-corrected chi connectivity index (χ3v) is 8.55. The van der Waals surface area contributed by atoms with Crippen molar-refractivity contribution in [2.75, 3.05) is 13.6 Å². The van der Waals surface area contributed by atoms with E-state index in [9.17, 15) is 29.1 Å². The number of hydrogen-bond donors (Lipinski definition) is 1. The summed E-state index contributed by atoms with van der Waals surface area (Å²) < 4.78 is 22.1. The summed E-state index contributed by atoms with van der Waals surface area (Å²) in [6.07, 6.45) is -0.661. The van der Waals surface area contributed by atoms with Crippen LogP contribution in [0.2, 0.25) is 0 Å². The zero-order chi connectivity index (χ0) is 28.3. The molecule has 0 aromatic heterocycles. The lowest BCUT2D eigenvalue weighted by atomic mass is 9.50. The van der Waals surface area contributed by atoms with Crippen LogP contribution < -0.4 is 4.74 Å². The Bertz CT molecular complexity index is 1300. The summed E-state index contributed by atoms with van der Waals surface area (Å²) in [4.78, 5) is 62.7. The Kier molecular flexibility index (Phi) is 6.62. The molecule has 0 radical (unpaired) electrons. The number of rotatable bonds is 8. The van der Waals surface area contributed by atoms with Gasteiger partial charge in [0.1, 0.15) is 11.5 Å². The maximum atomic E-state index is 13.1. The Labute approximate surface area is 225 Å². The van der Waals surface area contributed by atoms with Crippen LogP contribution in [-0.4, -0.2) is 83.5 Å². The van der Waals surface area contributed by atoms with Gasteiger partial charge in [0, 0.05) is 24.9 Å². The normalized spacial score (nSPS) is 29.6. The molecule has 0 saturated carbocycles. The molecule has 11 heteroatoms. The van der Waals surface area contributed by atoms with Crippen molar-refractivity contribution in [2.45, 2.75) is 81.8 Å². The second-order valence-corrected chi connectivity index (χ2v) is 10.8. The summed E-state index contributed by atoms with van der Waals surface area (Å²) >= 11 is 0. The van der Waals surface area contributed by atoms with Gasteiger partial charge in [0.25, 0.3) is 0 Å². The number of hydrogen-bond acceptors (Lipinski definition) is 11. The first kappa shape index (κ1) is 27.0. The molecule has 39 heavy (non-hydrogen) atoms. The van der Waals surface area contributed by atoms with Gasteiger partial charge in [-0.15, -0.1) is 0 Å². The molecule has 1 aromatic carbocycles. The first-order chi connectivity index (χ1) is 18.4. The summed E-state index contributed by atoms with van der Waals surface area (Å²) in [5, 5.41) is 12.2. The second-order valence-electron chi connectivity index (χ2n) is 10.8. The van der Waals surface area contributed by atoms with Gasteiger partial charge in [-0.3, -0.25) is 19.2 Å². The zero-order valence-corrected chi connectivity index (χ0v) is 22.2. The average molecular weight is 542 g/mol. The number of likely N-dealkylation sites (N-methyl/N-ethyl adjacent to an activating group) is 1. The highest BCUT2D eigenvalue weighted by Crippen LogP contribution is 2.64. The van der Waals surface area contributed by atoms with Gasteiger partial charge in [-0.1, -0.05) is 6.07 Å². The van der Waals surface area contributed by atoms with Crippen LogP contribution in [0.25, 0.3) is 0 Å². The van der Waals surface area contributed by atoms with E-state index >= 15 is 0 Å². The zero-order valence-electron chi connectivity index (χ0n) is 22.2. The topological polar surface area (TPSA) is 146 Å². The Morgan fingerprint density at radius 1 is 1.23 bits per heavy atom. The smallest absolute Gasteiger partial charge is 0.348 e. The fourth-order valence-corrected chi connectivity index (χ4v) is 6.60. The first-order valence-corrected chi connectivity index (χ1v) is 12.9. The van der Waals surface area contributed by atoms with E-state index in [1.165, 1.54) is 13.8 Å². The van der Waals surface area contributed by atoms with Gasteiger partial charge in [-0.05, 0) is 58.0 Å². The van der Waals surface area contributed by atoms with Crippen LogP contribution in [0.15, 0.2) is 24.0 Å². The number of ketones is 1. The average Bonchev–Trinajstić information content (AvgIpc) is 3.23. The minimum absolute atomic E-state index is 0.154. The standard InChI is InChI=1S/C28H31NO10/c1-14(31)15(2)36-26(34)20(37-16(3)32)12-22(33)38-19-7-8-28(35)21-11-17-5-6-18(13-30)24-23(17)27(28,25(19)39-24)9-10-29(21)4/h5-7,13,15,20-21,25,35H,8-12H2,1-4H3/t15-,20-,21+,25-,27-,28+/m0/s1. The fraction of sp³-hybridized carbons (Fsp3) is 0.536. The molecule has 11 nitrogen and oxygen atoms in total. The highest BCUT2D eigenvalue weighted by Gasteiger charge is 2.71. The van der Waals surface area contributed by atoms with E-state index in [0.29, 0.717) is 37.0 Å². The van der Waals surface area contributed by atoms with Crippen molar-refractivity contribution in [1.29, 1.82) is 0 Å². The molecule has 1 spiro atoms. The molecule has 4 aliphatic rings. The number of esters is 3. The molecule has 208 valence electrons. The SMILES string of the molecule is CC(=O)O[C@@H](CC(=O)OC1=CC[C@@]2(O)[C@H]3Cc4ccc(C=O)c5c4[C@@]2(CCN3C)[C@H]1O5)C(=O)O[C@@H](C)C(C)=O. The van der Waals surface area contributed by atoms with Crippen LogP contribution >= 0.6 is 0 Å².